The van der Waals surface area contributed by atoms with Crippen molar-refractivity contribution in [2.24, 2.45) is 5.73 Å². The number of aryl methyl sites for hydroxylation is 1. The van der Waals surface area contributed by atoms with Crippen molar-refractivity contribution in [1.82, 2.24) is 0 Å². The summed E-state index contributed by atoms with van der Waals surface area (Å²) in [4.78, 5) is 2.12. The van der Waals surface area contributed by atoms with Gasteiger partial charge < -0.3 is 19.8 Å². The number of rotatable bonds is 5. The van der Waals surface area contributed by atoms with Crippen LogP contribution in [0.1, 0.15) is 30.0 Å². The minimum Gasteiger partial charge on any atom is -0.496 e. The molecule has 0 amide bonds. The number of hydrogen-bond donors (Lipinski definition) is 1. The zero-order valence-corrected chi connectivity index (χ0v) is 12.5. The Morgan fingerprint density at radius 3 is 2.60 bits per heavy atom. The van der Waals surface area contributed by atoms with E-state index in [0.717, 1.165) is 28.5 Å². The number of benzene rings is 1. The Morgan fingerprint density at radius 2 is 2.05 bits per heavy atom. The second kappa shape index (κ2) is 6.01. The molecule has 0 bridgehead atoms. The van der Waals surface area contributed by atoms with Gasteiger partial charge in [-0.05, 0) is 38.1 Å². The normalized spacial score (nSPS) is 12.2. The average molecular weight is 274 g/mol. The lowest BCUT2D eigenvalue weighted by molar-refractivity contribution is 0.406. The molecule has 1 heterocycles. The van der Waals surface area contributed by atoms with Crippen LogP contribution in [-0.4, -0.2) is 14.2 Å². The standard InChI is InChI=1S/C16H22N2O2/c1-11-8-9-13(20-11)10-18(3)14-6-5-7-15(19-4)16(14)12(2)17/h5-9,12H,10,17H2,1-4H3/t12-/m1/s1. The Kier molecular flexibility index (Phi) is 4.35. The molecular formula is C16H22N2O2. The van der Waals surface area contributed by atoms with Gasteiger partial charge in [0.05, 0.1) is 13.7 Å². The smallest absolute Gasteiger partial charge is 0.125 e. The van der Waals surface area contributed by atoms with Gasteiger partial charge in [0.1, 0.15) is 17.3 Å². The molecular weight excluding hydrogens is 252 g/mol. The van der Waals surface area contributed by atoms with Crippen LogP contribution in [0, 0.1) is 6.92 Å². The van der Waals surface area contributed by atoms with Crippen LogP contribution in [0.15, 0.2) is 34.7 Å². The van der Waals surface area contributed by atoms with Gasteiger partial charge in [-0.2, -0.15) is 0 Å². The molecule has 4 heteroatoms. The molecule has 0 radical (unpaired) electrons. The quantitative estimate of drug-likeness (QED) is 0.909. The van der Waals surface area contributed by atoms with E-state index in [1.54, 1.807) is 7.11 Å². The Bertz CT molecular complexity index is 576. The van der Waals surface area contributed by atoms with Crippen LogP contribution in [0.4, 0.5) is 5.69 Å². The molecule has 4 nitrogen and oxygen atoms in total. The minimum absolute atomic E-state index is 0.0954. The van der Waals surface area contributed by atoms with Gasteiger partial charge in [-0.25, -0.2) is 0 Å². The second-order valence-electron chi connectivity index (χ2n) is 5.05. The predicted octanol–water partition coefficient (Wildman–Crippen LogP) is 3.25. The molecule has 1 aromatic heterocycles. The highest BCUT2D eigenvalue weighted by atomic mass is 16.5. The summed E-state index contributed by atoms with van der Waals surface area (Å²) in [7, 11) is 3.69. The van der Waals surface area contributed by atoms with Crippen molar-refractivity contribution in [3.05, 3.63) is 47.4 Å². The van der Waals surface area contributed by atoms with Crippen LogP contribution in [0.2, 0.25) is 0 Å². The summed E-state index contributed by atoms with van der Waals surface area (Å²) in [6.45, 7) is 4.61. The third-order valence-corrected chi connectivity index (χ3v) is 3.32. The number of furan rings is 1. The summed E-state index contributed by atoms with van der Waals surface area (Å²) in [6.07, 6.45) is 0. The summed E-state index contributed by atoms with van der Waals surface area (Å²) in [5, 5.41) is 0. The highest BCUT2D eigenvalue weighted by Gasteiger charge is 2.16. The SMILES string of the molecule is COc1cccc(N(C)Cc2ccc(C)o2)c1[C@@H](C)N. The minimum atomic E-state index is -0.0954. The van der Waals surface area contributed by atoms with Crippen molar-refractivity contribution >= 4 is 5.69 Å². The van der Waals surface area contributed by atoms with E-state index >= 15 is 0 Å². The van der Waals surface area contributed by atoms with E-state index in [2.05, 4.69) is 11.0 Å². The van der Waals surface area contributed by atoms with Crippen molar-refractivity contribution in [1.29, 1.82) is 0 Å². The van der Waals surface area contributed by atoms with E-state index in [-0.39, 0.29) is 6.04 Å². The molecule has 1 aromatic carbocycles. The Labute approximate surface area is 120 Å². The molecule has 0 unspecified atom stereocenters. The lowest BCUT2D eigenvalue weighted by Gasteiger charge is -2.24. The first-order valence-corrected chi connectivity index (χ1v) is 6.72. The number of methoxy groups -OCH3 is 1. The summed E-state index contributed by atoms with van der Waals surface area (Å²) in [6, 6.07) is 9.84. The fourth-order valence-electron chi connectivity index (χ4n) is 2.39. The van der Waals surface area contributed by atoms with E-state index in [1.165, 1.54) is 0 Å². The molecule has 0 aliphatic rings. The van der Waals surface area contributed by atoms with Gasteiger partial charge in [-0.15, -0.1) is 0 Å². The zero-order chi connectivity index (χ0) is 14.7. The van der Waals surface area contributed by atoms with Crippen LogP contribution in [0.25, 0.3) is 0 Å². The van der Waals surface area contributed by atoms with Crippen molar-refractivity contribution in [3.63, 3.8) is 0 Å². The lowest BCUT2D eigenvalue weighted by atomic mass is 10.0. The maximum atomic E-state index is 6.10. The number of ether oxygens (including phenoxy) is 1. The third-order valence-electron chi connectivity index (χ3n) is 3.32. The number of nitrogens with zero attached hydrogens (tertiary/aromatic N) is 1. The predicted molar refractivity (Wildman–Crippen MR) is 81.1 cm³/mol. The molecule has 0 saturated heterocycles. The molecule has 0 fully saturated rings. The van der Waals surface area contributed by atoms with E-state index < -0.39 is 0 Å². The van der Waals surface area contributed by atoms with E-state index in [9.17, 15) is 0 Å². The summed E-state index contributed by atoms with van der Waals surface area (Å²) < 4.78 is 11.1. The van der Waals surface area contributed by atoms with Crippen molar-refractivity contribution in [2.45, 2.75) is 26.4 Å². The largest absolute Gasteiger partial charge is 0.496 e. The van der Waals surface area contributed by atoms with Crippen LogP contribution in [-0.2, 0) is 6.54 Å². The molecule has 2 aromatic rings. The topological polar surface area (TPSA) is 51.6 Å². The van der Waals surface area contributed by atoms with E-state index in [4.69, 9.17) is 14.9 Å². The van der Waals surface area contributed by atoms with Gasteiger partial charge >= 0.3 is 0 Å². The zero-order valence-electron chi connectivity index (χ0n) is 12.5. The van der Waals surface area contributed by atoms with Gasteiger partial charge in [0, 0.05) is 24.3 Å². The summed E-state index contributed by atoms with van der Waals surface area (Å²) in [5.74, 6) is 2.68. The maximum Gasteiger partial charge on any atom is 0.125 e. The first kappa shape index (κ1) is 14.5. The van der Waals surface area contributed by atoms with Gasteiger partial charge in [0.15, 0.2) is 0 Å². The fourth-order valence-corrected chi connectivity index (χ4v) is 2.39. The maximum absolute atomic E-state index is 6.10. The molecule has 0 aliphatic heterocycles. The van der Waals surface area contributed by atoms with E-state index in [1.807, 2.05) is 45.2 Å². The van der Waals surface area contributed by atoms with Gasteiger partial charge in [-0.3, -0.25) is 0 Å². The average Bonchev–Trinajstić information content (AvgIpc) is 2.82. The highest BCUT2D eigenvalue weighted by Crippen LogP contribution is 2.33. The molecule has 0 spiro atoms. The molecule has 108 valence electrons. The van der Waals surface area contributed by atoms with Crippen LogP contribution >= 0.6 is 0 Å². The van der Waals surface area contributed by atoms with Gasteiger partial charge in [0.2, 0.25) is 0 Å². The monoisotopic (exact) mass is 274 g/mol. The van der Waals surface area contributed by atoms with Crippen molar-refractivity contribution in [3.8, 4) is 5.75 Å². The summed E-state index contributed by atoms with van der Waals surface area (Å²) in [5.41, 5.74) is 8.17. The van der Waals surface area contributed by atoms with Gasteiger partial charge in [0.25, 0.3) is 0 Å². The fraction of sp³-hybridized carbons (Fsp3) is 0.375. The molecule has 2 N–H and O–H groups in total. The molecule has 20 heavy (non-hydrogen) atoms. The first-order chi connectivity index (χ1) is 9.52. The lowest BCUT2D eigenvalue weighted by Crippen LogP contribution is -2.20. The first-order valence-electron chi connectivity index (χ1n) is 6.72. The Hall–Kier alpha value is -1.94. The van der Waals surface area contributed by atoms with Gasteiger partial charge in [-0.1, -0.05) is 6.07 Å². The number of hydrogen-bond acceptors (Lipinski definition) is 4. The van der Waals surface area contributed by atoms with Crippen LogP contribution in [0.3, 0.4) is 0 Å². The Balaban J connectivity index is 2.31. The highest BCUT2D eigenvalue weighted by molar-refractivity contribution is 5.60. The molecule has 2 rings (SSSR count). The molecule has 0 saturated carbocycles. The van der Waals surface area contributed by atoms with Crippen LogP contribution in [0.5, 0.6) is 5.75 Å². The second-order valence-corrected chi connectivity index (χ2v) is 5.05. The molecule has 1 atom stereocenters. The number of nitrogens with two attached hydrogens (primary N) is 1. The number of anilines is 1. The van der Waals surface area contributed by atoms with E-state index in [0.29, 0.717) is 6.54 Å². The summed E-state index contributed by atoms with van der Waals surface area (Å²) >= 11 is 0. The van der Waals surface area contributed by atoms with Crippen molar-refractivity contribution in [2.75, 3.05) is 19.1 Å². The molecule has 0 aliphatic carbocycles. The Morgan fingerprint density at radius 1 is 1.30 bits per heavy atom. The van der Waals surface area contributed by atoms with Crippen molar-refractivity contribution < 1.29 is 9.15 Å². The van der Waals surface area contributed by atoms with Crippen LogP contribution < -0.4 is 15.4 Å². The third kappa shape index (κ3) is 2.96.